The number of ether oxygens (including phenoxy) is 1. The van der Waals surface area contributed by atoms with Gasteiger partial charge in [0.1, 0.15) is 0 Å². The third-order valence-corrected chi connectivity index (χ3v) is 2.81. The summed E-state index contributed by atoms with van der Waals surface area (Å²) in [6.07, 6.45) is 5.75. The second-order valence-corrected chi connectivity index (χ2v) is 3.49. The predicted octanol–water partition coefficient (Wildman–Crippen LogP) is 1.50. The highest BCUT2D eigenvalue weighted by Crippen LogP contribution is 2.27. The normalized spacial score (nSPS) is 37.8. The molecule has 0 aromatic carbocycles. The van der Waals surface area contributed by atoms with Crippen LogP contribution in [-0.4, -0.2) is 26.0 Å². The zero-order valence-corrected chi connectivity index (χ0v) is 6.83. The molecule has 0 N–H and O–H groups in total. The monoisotopic (exact) mass is 153 g/mol. The van der Waals surface area contributed by atoms with E-state index in [1.807, 2.05) is 0 Å². The lowest BCUT2D eigenvalue weighted by atomic mass is 9.84. The van der Waals surface area contributed by atoms with Gasteiger partial charge in [0.15, 0.2) is 0 Å². The summed E-state index contributed by atoms with van der Waals surface area (Å²) < 4.78 is 5.43. The lowest BCUT2D eigenvalue weighted by Crippen LogP contribution is -2.21. The van der Waals surface area contributed by atoms with E-state index in [0.717, 1.165) is 31.6 Å². The van der Waals surface area contributed by atoms with Gasteiger partial charge in [0.25, 0.3) is 0 Å². The zero-order valence-electron chi connectivity index (χ0n) is 6.83. The van der Waals surface area contributed by atoms with Crippen molar-refractivity contribution in [2.24, 2.45) is 16.8 Å². The van der Waals surface area contributed by atoms with E-state index in [4.69, 9.17) is 4.74 Å². The largest absolute Gasteiger partial charge is 0.381 e. The molecule has 2 rings (SSSR count). The van der Waals surface area contributed by atoms with Crippen LogP contribution in [0.1, 0.15) is 19.3 Å². The van der Waals surface area contributed by atoms with Crippen LogP contribution < -0.4 is 0 Å². The van der Waals surface area contributed by atoms with Crippen molar-refractivity contribution in [2.45, 2.75) is 19.3 Å². The molecule has 0 aliphatic carbocycles. The molecule has 62 valence electrons. The van der Waals surface area contributed by atoms with Crippen LogP contribution in [0.15, 0.2) is 4.99 Å². The fourth-order valence-corrected chi connectivity index (χ4v) is 2.01. The Balaban J connectivity index is 2.00. The van der Waals surface area contributed by atoms with Crippen LogP contribution in [0.5, 0.6) is 0 Å². The molecule has 0 spiro atoms. The molecule has 0 aromatic rings. The molecular formula is C9H15NO. The van der Waals surface area contributed by atoms with Crippen LogP contribution in [0.3, 0.4) is 0 Å². The SMILES string of the molecule is C1=NCC2CCOCCC2C1. The fourth-order valence-electron chi connectivity index (χ4n) is 2.01. The number of nitrogens with zero attached hydrogens (tertiary/aromatic N) is 1. The van der Waals surface area contributed by atoms with Crippen LogP contribution in [0, 0.1) is 11.8 Å². The Hall–Kier alpha value is -0.370. The first-order valence-electron chi connectivity index (χ1n) is 4.53. The van der Waals surface area contributed by atoms with E-state index < -0.39 is 0 Å². The first-order valence-corrected chi connectivity index (χ1v) is 4.53. The first kappa shape index (κ1) is 7.29. The number of aliphatic imine (C=N–C) groups is 1. The molecule has 2 aliphatic heterocycles. The van der Waals surface area contributed by atoms with Gasteiger partial charge in [-0.05, 0) is 37.3 Å². The lowest BCUT2D eigenvalue weighted by molar-refractivity contribution is 0.140. The summed E-state index contributed by atoms with van der Waals surface area (Å²) >= 11 is 0. The summed E-state index contributed by atoms with van der Waals surface area (Å²) in [5.41, 5.74) is 0. The maximum atomic E-state index is 5.43. The molecule has 0 saturated carbocycles. The van der Waals surface area contributed by atoms with Crippen molar-refractivity contribution in [2.75, 3.05) is 19.8 Å². The van der Waals surface area contributed by atoms with Gasteiger partial charge in [-0.15, -0.1) is 0 Å². The highest BCUT2D eigenvalue weighted by atomic mass is 16.5. The molecular weight excluding hydrogens is 138 g/mol. The quantitative estimate of drug-likeness (QED) is 0.517. The molecule has 2 heterocycles. The average molecular weight is 153 g/mol. The number of rotatable bonds is 0. The summed E-state index contributed by atoms with van der Waals surface area (Å²) in [5, 5.41) is 0. The van der Waals surface area contributed by atoms with E-state index in [1.165, 1.54) is 19.3 Å². The van der Waals surface area contributed by atoms with E-state index in [9.17, 15) is 0 Å². The van der Waals surface area contributed by atoms with Gasteiger partial charge in [0.05, 0.1) is 0 Å². The molecule has 11 heavy (non-hydrogen) atoms. The average Bonchev–Trinajstić information content (AvgIpc) is 2.28. The third-order valence-electron chi connectivity index (χ3n) is 2.81. The molecule has 1 fully saturated rings. The standard InChI is InChI=1S/C9H15NO/c1-4-10-7-9-3-6-11-5-2-8(1)9/h4,8-9H,1-3,5-7H2. The molecule has 2 aliphatic rings. The summed E-state index contributed by atoms with van der Waals surface area (Å²) in [4.78, 5) is 4.32. The van der Waals surface area contributed by atoms with Crippen molar-refractivity contribution in [1.82, 2.24) is 0 Å². The summed E-state index contributed by atoms with van der Waals surface area (Å²) in [5.74, 6) is 1.69. The van der Waals surface area contributed by atoms with Crippen LogP contribution in [0.4, 0.5) is 0 Å². The maximum absolute atomic E-state index is 5.43. The minimum atomic E-state index is 0.822. The summed E-state index contributed by atoms with van der Waals surface area (Å²) in [7, 11) is 0. The van der Waals surface area contributed by atoms with Gasteiger partial charge in [-0.25, -0.2) is 0 Å². The smallest absolute Gasteiger partial charge is 0.0469 e. The third kappa shape index (κ3) is 1.62. The molecule has 2 nitrogen and oxygen atoms in total. The summed E-state index contributed by atoms with van der Waals surface area (Å²) in [6.45, 7) is 2.97. The predicted molar refractivity (Wildman–Crippen MR) is 45.0 cm³/mol. The van der Waals surface area contributed by atoms with E-state index in [2.05, 4.69) is 11.2 Å². The maximum Gasteiger partial charge on any atom is 0.0469 e. The number of fused-ring (bicyclic) bond motifs is 1. The van der Waals surface area contributed by atoms with E-state index in [1.54, 1.807) is 0 Å². The van der Waals surface area contributed by atoms with Crippen molar-refractivity contribution in [3.8, 4) is 0 Å². The molecule has 0 radical (unpaired) electrons. The first-order chi connectivity index (χ1) is 5.47. The van der Waals surface area contributed by atoms with E-state index in [0.29, 0.717) is 0 Å². The van der Waals surface area contributed by atoms with Crippen molar-refractivity contribution in [3.63, 3.8) is 0 Å². The van der Waals surface area contributed by atoms with E-state index >= 15 is 0 Å². The topological polar surface area (TPSA) is 21.6 Å². The zero-order chi connectivity index (χ0) is 7.52. The Kier molecular flexibility index (Phi) is 2.22. The Labute approximate surface area is 67.7 Å². The van der Waals surface area contributed by atoms with Crippen molar-refractivity contribution < 1.29 is 4.74 Å². The van der Waals surface area contributed by atoms with Gasteiger partial charge in [-0.1, -0.05) is 0 Å². The van der Waals surface area contributed by atoms with Crippen molar-refractivity contribution >= 4 is 6.21 Å². The Morgan fingerprint density at radius 3 is 2.91 bits per heavy atom. The van der Waals surface area contributed by atoms with Crippen LogP contribution >= 0.6 is 0 Å². The highest BCUT2D eigenvalue weighted by Gasteiger charge is 2.24. The van der Waals surface area contributed by atoms with Gasteiger partial charge in [-0.3, -0.25) is 4.99 Å². The van der Waals surface area contributed by atoms with Gasteiger partial charge in [0.2, 0.25) is 0 Å². The lowest BCUT2D eigenvalue weighted by Gasteiger charge is -2.24. The van der Waals surface area contributed by atoms with Gasteiger partial charge >= 0.3 is 0 Å². The highest BCUT2D eigenvalue weighted by molar-refractivity contribution is 5.58. The van der Waals surface area contributed by atoms with Gasteiger partial charge in [-0.2, -0.15) is 0 Å². The van der Waals surface area contributed by atoms with Crippen molar-refractivity contribution in [3.05, 3.63) is 0 Å². The molecule has 0 bridgehead atoms. The molecule has 2 unspecified atom stereocenters. The van der Waals surface area contributed by atoms with E-state index in [-0.39, 0.29) is 0 Å². The molecule has 1 saturated heterocycles. The molecule has 0 aromatic heterocycles. The minimum absolute atomic E-state index is 0.822. The summed E-state index contributed by atoms with van der Waals surface area (Å²) in [6, 6.07) is 0. The fraction of sp³-hybridized carbons (Fsp3) is 0.889. The van der Waals surface area contributed by atoms with Gasteiger partial charge in [0, 0.05) is 19.8 Å². The Morgan fingerprint density at radius 2 is 2.00 bits per heavy atom. The van der Waals surface area contributed by atoms with Crippen LogP contribution in [0.25, 0.3) is 0 Å². The second kappa shape index (κ2) is 3.35. The number of hydrogen-bond donors (Lipinski definition) is 0. The number of hydrogen-bond acceptors (Lipinski definition) is 2. The van der Waals surface area contributed by atoms with Crippen molar-refractivity contribution in [1.29, 1.82) is 0 Å². The Bertz CT molecular complexity index is 140. The molecule has 0 amide bonds. The van der Waals surface area contributed by atoms with Crippen LogP contribution in [0.2, 0.25) is 0 Å². The minimum Gasteiger partial charge on any atom is -0.381 e. The Morgan fingerprint density at radius 1 is 1.18 bits per heavy atom. The van der Waals surface area contributed by atoms with Crippen LogP contribution in [-0.2, 0) is 4.74 Å². The molecule has 2 heteroatoms. The molecule has 2 atom stereocenters. The second-order valence-electron chi connectivity index (χ2n) is 3.49. The van der Waals surface area contributed by atoms with Gasteiger partial charge < -0.3 is 4.74 Å².